The van der Waals surface area contributed by atoms with Crippen molar-refractivity contribution in [3.63, 3.8) is 0 Å². The van der Waals surface area contributed by atoms with Gasteiger partial charge in [-0.05, 0) is 6.54 Å². The number of aliphatic hydroxyl groups is 1. The van der Waals surface area contributed by atoms with Crippen molar-refractivity contribution in [2.24, 2.45) is 0 Å². The van der Waals surface area contributed by atoms with Gasteiger partial charge in [0.05, 0.1) is 12.4 Å². The third-order valence-corrected chi connectivity index (χ3v) is 4.20. The fourth-order valence-electron chi connectivity index (χ4n) is 1.92. The zero-order valence-corrected chi connectivity index (χ0v) is 11.4. The van der Waals surface area contributed by atoms with E-state index in [4.69, 9.17) is 0 Å². The number of nitrogens with zero attached hydrogens (tertiary/aromatic N) is 2. The van der Waals surface area contributed by atoms with Gasteiger partial charge >= 0.3 is 0 Å². The lowest BCUT2D eigenvalue weighted by Crippen LogP contribution is -2.51. The molecule has 0 bridgehead atoms. The second-order valence-corrected chi connectivity index (χ2v) is 6.41. The van der Waals surface area contributed by atoms with Crippen LogP contribution in [0.5, 0.6) is 0 Å². The third-order valence-electron chi connectivity index (χ3n) is 2.90. The second kappa shape index (κ2) is 6.65. The molecule has 0 aromatic carbocycles. The van der Waals surface area contributed by atoms with Gasteiger partial charge in [0.2, 0.25) is 10.0 Å². The smallest absolute Gasteiger partial charge is 0.211 e. The van der Waals surface area contributed by atoms with E-state index in [1.165, 1.54) is 10.6 Å². The molecule has 1 aliphatic rings. The Morgan fingerprint density at radius 3 is 2.35 bits per heavy atom. The lowest BCUT2D eigenvalue weighted by molar-refractivity contribution is 0.0919. The molecular weight excluding hydrogens is 242 g/mol. The number of β-amino-alcohol motifs (C(OH)–C–C–N with tert-alkyl or cyclic N) is 1. The Kier molecular flexibility index (Phi) is 5.81. The summed E-state index contributed by atoms with van der Waals surface area (Å²) in [5.74, 6) is 0. The molecule has 1 heterocycles. The topological polar surface area (TPSA) is 72.9 Å². The summed E-state index contributed by atoms with van der Waals surface area (Å²) in [4.78, 5) is 2.10. The Labute approximate surface area is 104 Å². The van der Waals surface area contributed by atoms with Gasteiger partial charge in [0, 0.05) is 39.3 Å². The molecule has 1 aliphatic heterocycles. The minimum atomic E-state index is -3.06. The van der Waals surface area contributed by atoms with E-state index >= 15 is 0 Å². The third kappa shape index (κ3) is 5.31. The summed E-state index contributed by atoms with van der Waals surface area (Å²) in [5, 5.41) is 12.8. The normalized spacial score (nSPS) is 21.6. The maximum Gasteiger partial charge on any atom is 0.211 e. The monoisotopic (exact) mass is 265 g/mol. The number of aliphatic hydroxyl groups excluding tert-OH is 1. The van der Waals surface area contributed by atoms with E-state index in [9.17, 15) is 13.5 Å². The summed E-state index contributed by atoms with van der Waals surface area (Å²) in [6, 6.07) is 0. The summed E-state index contributed by atoms with van der Waals surface area (Å²) < 4.78 is 24.1. The molecule has 0 saturated carbocycles. The minimum Gasteiger partial charge on any atom is -0.390 e. The van der Waals surface area contributed by atoms with Crippen molar-refractivity contribution in [3.05, 3.63) is 0 Å². The van der Waals surface area contributed by atoms with Gasteiger partial charge in [-0.3, -0.25) is 4.90 Å². The second-order valence-electron chi connectivity index (χ2n) is 4.42. The van der Waals surface area contributed by atoms with Crippen LogP contribution in [0.15, 0.2) is 0 Å². The molecule has 1 atom stereocenters. The first kappa shape index (κ1) is 14.8. The van der Waals surface area contributed by atoms with Crippen molar-refractivity contribution in [1.82, 2.24) is 14.5 Å². The van der Waals surface area contributed by atoms with E-state index in [1.54, 1.807) is 0 Å². The number of nitrogens with one attached hydrogen (secondary N) is 1. The predicted octanol–water partition coefficient (Wildman–Crippen LogP) is -1.47. The molecule has 0 radical (unpaired) electrons. The van der Waals surface area contributed by atoms with Crippen LogP contribution in [0.3, 0.4) is 0 Å². The molecule has 1 unspecified atom stereocenters. The number of hydrogen-bond acceptors (Lipinski definition) is 5. The zero-order valence-electron chi connectivity index (χ0n) is 10.6. The summed E-state index contributed by atoms with van der Waals surface area (Å²) in [5.41, 5.74) is 0. The lowest BCUT2D eigenvalue weighted by atomic mass is 10.3. The van der Waals surface area contributed by atoms with Crippen LogP contribution < -0.4 is 5.32 Å². The van der Waals surface area contributed by atoms with E-state index in [2.05, 4.69) is 10.2 Å². The first-order valence-corrected chi connectivity index (χ1v) is 7.84. The molecule has 7 heteroatoms. The number of likely N-dealkylation sites (N-methyl/N-ethyl adjacent to an activating group) is 1. The van der Waals surface area contributed by atoms with Crippen LogP contribution in [0.1, 0.15) is 6.92 Å². The molecule has 17 heavy (non-hydrogen) atoms. The highest BCUT2D eigenvalue weighted by Crippen LogP contribution is 2.06. The maximum atomic E-state index is 11.3. The van der Waals surface area contributed by atoms with Crippen LogP contribution in [0.4, 0.5) is 0 Å². The fraction of sp³-hybridized carbons (Fsp3) is 1.00. The van der Waals surface area contributed by atoms with E-state index < -0.39 is 10.0 Å². The summed E-state index contributed by atoms with van der Waals surface area (Å²) in [6.45, 7) is 6.45. The van der Waals surface area contributed by atoms with E-state index in [-0.39, 0.29) is 6.10 Å². The van der Waals surface area contributed by atoms with Gasteiger partial charge < -0.3 is 10.4 Å². The highest BCUT2D eigenvalue weighted by molar-refractivity contribution is 7.88. The standard InChI is InChI=1S/C10H23N3O3S/c1-3-11-8-10(14)9-12-4-6-13(7-5-12)17(2,15)16/h10-11,14H,3-9H2,1-2H3. The number of rotatable bonds is 6. The van der Waals surface area contributed by atoms with Crippen molar-refractivity contribution in [1.29, 1.82) is 0 Å². The van der Waals surface area contributed by atoms with Gasteiger partial charge in [-0.2, -0.15) is 4.31 Å². The first-order chi connectivity index (χ1) is 7.93. The van der Waals surface area contributed by atoms with Gasteiger partial charge in [0.25, 0.3) is 0 Å². The lowest BCUT2D eigenvalue weighted by Gasteiger charge is -2.34. The molecule has 1 saturated heterocycles. The van der Waals surface area contributed by atoms with Crippen LogP contribution in [-0.2, 0) is 10.0 Å². The van der Waals surface area contributed by atoms with E-state index in [0.29, 0.717) is 39.3 Å². The van der Waals surface area contributed by atoms with Gasteiger partial charge in [-0.15, -0.1) is 0 Å². The number of sulfonamides is 1. The van der Waals surface area contributed by atoms with Crippen molar-refractivity contribution >= 4 is 10.0 Å². The average Bonchev–Trinajstić information content (AvgIpc) is 2.26. The molecule has 0 spiro atoms. The van der Waals surface area contributed by atoms with Crippen LogP contribution in [0.25, 0.3) is 0 Å². The highest BCUT2D eigenvalue weighted by atomic mass is 32.2. The molecule has 2 N–H and O–H groups in total. The molecule has 0 aliphatic carbocycles. The van der Waals surface area contributed by atoms with Gasteiger partial charge in [0.15, 0.2) is 0 Å². The van der Waals surface area contributed by atoms with Crippen molar-refractivity contribution in [2.75, 3.05) is 52.1 Å². The van der Waals surface area contributed by atoms with Crippen molar-refractivity contribution in [3.8, 4) is 0 Å². The van der Waals surface area contributed by atoms with Crippen molar-refractivity contribution in [2.45, 2.75) is 13.0 Å². The van der Waals surface area contributed by atoms with Crippen LogP contribution >= 0.6 is 0 Å². The average molecular weight is 265 g/mol. The van der Waals surface area contributed by atoms with E-state index in [0.717, 1.165) is 6.54 Å². The van der Waals surface area contributed by atoms with E-state index in [1.807, 2.05) is 6.92 Å². The maximum absolute atomic E-state index is 11.3. The Morgan fingerprint density at radius 2 is 1.88 bits per heavy atom. The molecule has 6 nitrogen and oxygen atoms in total. The minimum absolute atomic E-state index is 0.389. The summed E-state index contributed by atoms with van der Waals surface area (Å²) in [7, 11) is -3.06. The fourth-order valence-corrected chi connectivity index (χ4v) is 2.74. The van der Waals surface area contributed by atoms with Gasteiger partial charge in [0.1, 0.15) is 0 Å². The van der Waals surface area contributed by atoms with Crippen LogP contribution in [-0.4, -0.2) is 80.9 Å². The zero-order chi connectivity index (χ0) is 12.9. The highest BCUT2D eigenvalue weighted by Gasteiger charge is 2.24. The molecule has 0 aromatic rings. The molecule has 1 rings (SSSR count). The largest absolute Gasteiger partial charge is 0.390 e. The number of piperazine rings is 1. The van der Waals surface area contributed by atoms with Gasteiger partial charge in [-0.25, -0.2) is 8.42 Å². The predicted molar refractivity (Wildman–Crippen MR) is 67.4 cm³/mol. The number of hydrogen-bond donors (Lipinski definition) is 2. The quantitative estimate of drug-likeness (QED) is 0.614. The van der Waals surface area contributed by atoms with Gasteiger partial charge in [-0.1, -0.05) is 6.92 Å². The SMILES string of the molecule is CCNCC(O)CN1CCN(S(C)(=O)=O)CC1. The Hall–Kier alpha value is -0.210. The molecular formula is C10H23N3O3S. The molecule has 102 valence electrons. The molecule has 0 aromatic heterocycles. The van der Waals surface area contributed by atoms with Crippen molar-refractivity contribution < 1.29 is 13.5 Å². The van der Waals surface area contributed by atoms with Crippen LogP contribution in [0.2, 0.25) is 0 Å². The molecule has 0 amide bonds. The molecule has 1 fully saturated rings. The Bertz CT molecular complexity index is 313. The Morgan fingerprint density at radius 1 is 1.29 bits per heavy atom. The van der Waals surface area contributed by atoms with Crippen LogP contribution in [0, 0.1) is 0 Å². The summed E-state index contributed by atoms with van der Waals surface area (Å²) in [6.07, 6.45) is 0.850. The Balaban J connectivity index is 2.28. The first-order valence-electron chi connectivity index (χ1n) is 5.99. The summed E-state index contributed by atoms with van der Waals surface area (Å²) >= 11 is 0.